The van der Waals surface area contributed by atoms with Gasteiger partial charge in [-0.1, -0.05) is 31.7 Å². The average molecular weight is 397 g/mol. The summed E-state index contributed by atoms with van der Waals surface area (Å²) in [5.74, 6) is 0.712. The maximum absolute atomic E-state index is 4.98. The zero-order chi connectivity index (χ0) is 20.2. The van der Waals surface area contributed by atoms with E-state index in [4.69, 9.17) is 4.99 Å². The number of rotatable bonds is 4. The molecule has 30 heavy (non-hydrogen) atoms. The van der Waals surface area contributed by atoms with E-state index in [1.54, 1.807) is 6.20 Å². The molecule has 0 saturated heterocycles. The summed E-state index contributed by atoms with van der Waals surface area (Å²) in [7, 11) is 0. The van der Waals surface area contributed by atoms with Crippen LogP contribution in [-0.2, 0) is 12.8 Å². The number of aryl methyl sites for hydroxylation is 1. The predicted octanol–water partition coefficient (Wildman–Crippen LogP) is 6.24. The van der Waals surface area contributed by atoms with Crippen molar-refractivity contribution < 1.29 is 0 Å². The molecule has 5 rings (SSSR count). The molecule has 1 aromatic carbocycles. The number of aromatic nitrogens is 3. The summed E-state index contributed by atoms with van der Waals surface area (Å²) in [6, 6.07) is 13.1. The van der Waals surface area contributed by atoms with E-state index in [0.29, 0.717) is 5.92 Å². The Hall–Kier alpha value is -2.88. The van der Waals surface area contributed by atoms with Crippen LogP contribution in [0.4, 0.5) is 5.69 Å². The molecule has 0 atom stereocenters. The second-order valence-corrected chi connectivity index (χ2v) is 8.60. The molecule has 0 radical (unpaired) electrons. The first-order valence-corrected chi connectivity index (χ1v) is 11.3. The third-order valence-electron chi connectivity index (χ3n) is 6.51. The highest BCUT2D eigenvalue weighted by atomic mass is 15.1. The molecule has 0 bridgehead atoms. The summed E-state index contributed by atoms with van der Waals surface area (Å²) in [5, 5.41) is 7.86. The van der Waals surface area contributed by atoms with E-state index in [-0.39, 0.29) is 0 Å². The Morgan fingerprint density at radius 3 is 2.53 bits per heavy atom. The van der Waals surface area contributed by atoms with Gasteiger partial charge < -0.3 is 0 Å². The van der Waals surface area contributed by atoms with Crippen LogP contribution in [0.2, 0.25) is 0 Å². The number of nitrogens with zero attached hydrogens (tertiary/aromatic N) is 4. The van der Waals surface area contributed by atoms with Crippen molar-refractivity contribution in [3.63, 3.8) is 0 Å². The van der Waals surface area contributed by atoms with Crippen molar-refractivity contribution in [2.45, 2.75) is 63.7 Å². The number of aliphatic imine (C=N–C) groups is 1. The van der Waals surface area contributed by atoms with Crippen LogP contribution in [0.15, 0.2) is 60.0 Å². The van der Waals surface area contributed by atoms with Gasteiger partial charge in [-0.15, -0.1) is 0 Å². The highest BCUT2D eigenvalue weighted by Gasteiger charge is 2.17. The van der Waals surface area contributed by atoms with Gasteiger partial charge in [-0.2, -0.15) is 10.2 Å². The molecule has 3 aromatic rings. The third kappa shape index (κ3) is 4.33. The number of pyridine rings is 1. The maximum atomic E-state index is 4.98. The highest BCUT2D eigenvalue weighted by Crippen LogP contribution is 2.33. The molecule has 0 amide bonds. The predicted molar refractivity (Wildman–Crippen MR) is 121 cm³/mol. The van der Waals surface area contributed by atoms with E-state index in [2.05, 4.69) is 45.5 Å². The second-order valence-electron chi connectivity index (χ2n) is 8.60. The Labute approximate surface area is 178 Å². The van der Waals surface area contributed by atoms with E-state index in [9.17, 15) is 0 Å². The van der Waals surface area contributed by atoms with Gasteiger partial charge >= 0.3 is 0 Å². The summed E-state index contributed by atoms with van der Waals surface area (Å²) in [6.45, 7) is 0. The van der Waals surface area contributed by atoms with Crippen LogP contribution in [0, 0.1) is 0 Å². The molecule has 4 nitrogen and oxygen atoms in total. The van der Waals surface area contributed by atoms with Gasteiger partial charge in [-0.05, 0) is 78.6 Å². The lowest BCUT2D eigenvalue weighted by molar-refractivity contribution is 0.591. The van der Waals surface area contributed by atoms with Gasteiger partial charge in [0.25, 0.3) is 0 Å². The summed E-state index contributed by atoms with van der Waals surface area (Å²) in [4.78, 5) is 9.65. The van der Waals surface area contributed by atoms with Gasteiger partial charge in [0.05, 0.1) is 18.1 Å². The molecule has 2 aliphatic rings. The monoisotopic (exact) mass is 396 g/mol. The minimum atomic E-state index is 0.712. The quantitative estimate of drug-likeness (QED) is 0.491. The van der Waals surface area contributed by atoms with Gasteiger partial charge in [0.15, 0.2) is 0 Å². The Morgan fingerprint density at radius 1 is 0.800 bits per heavy atom. The lowest BCUT2D eigenvalue weighted by Crippen LogP contribution is -2.11. The van der Waals surface area contributed by atoms with Crippen molar-refractivity contribution in [2.24, 2.45) is 4.99 Å². The van der Waals surface area contributed by atoms with E-state index < -0.39 is 0 Å². The smallest absolute Gasteiger partial charge is 0.0661 e. The summed E-state index contributed by atoms with van der Waals surface area (Å²) in [5.41, 5.74) is 8.58. The largest absolute Gasteiger partial charge is 0.261 e. The summed E-state index contributed by atoms with van der Waals surface area (Å²) in [6.07, 6.45) is 16.6. The van der Waals surface area contributed by atoms with E-state index in [1.807, 2.05) is 18.5 Å². The van der Waals surface area contributed by atoms with Crippen LogP contribution in [0.3, 0.4) is 0 Å². The molecule has 152 valence electrons. The molecule has 3 heterocycles. The van der Waals surface area contributed by atoms with Crippen molar-refractivity contribution >= 4 is 11.4 Å². The molecule has 0 unspecified atom stereocenters. The molecule has 4 heteroatoms. The molecular weight excluding hydrogens is 368 g/mol. The highest BCUT2D eigenvalue weighted by molar-refractivity contribution is 5.91. The molecule has 0 spiro atoms. The molecule has 1 aliphatic heterocycles. The summed E-state index contributed by atoms with van der Waals surface area (Å²) >= 11 is 0. The zero-order valence-electron chi connectivity index (χ0n) is 17.4. The molecule has 1 aliphatic carbocycles. The Morgan fingerprint density at radius 2 is 1.70 bits per heavy atom. The van der Waals surface area contributed by atoms with Gasteiger partial charge in [0.2, 0.25) is 0 Å². The average Bonchev–Trinajstić information content (AvgIpc) is 3.09. The van der Waals surface area contributed by atoms with Gasteiger partial charge in [0, 0.05) is 29.6 Å². The first kappa shape index (κ1) is 19.1. The summed E-state index contributed by atoms with van der Waals surface area (Å²) < 4.78 is 0. The Balaban J connectivity index is 1.33. The van der Waals surface area contributed by atoms with Crippen LogP contribution in [-0.4, -0.2) is 20.9 Å². The van der Waals surface area contributed by atoms with Crippen LogP contribution in [0.1, 0.15) is 67.7 Å². The first-order chi connectivity index (χ1) is 14.8. The van der Waals surface area contributed by atoms with Gasteiger partial charge in [-0.25, -0.2) is 0 Å². The lowest BCUT2D eigenvalue weighted by Gasteiger charge is -2.18. The topological polar surface area (TPSA) is 51.0 Å². The molecule has 2 aromatic heterocycles. The Bertz CT molecular complexity index is 1030. The third-order valence-corrected chi connectivity index (χ3v) is 6.51. The van der Waals surface area contributed by atoms with E-state index >= 15 is 0 Å². The normalized spacial score (nSPS) is 17.1. The minimum absolute atomic E-state index is 0.712. The molecule has 1 saturated carbocycles. The first-order valence-electron chi connectivity index (χ1n) is 11.3. The van der Waals surface area contributed by atoms with Gasteiger partial charge in [0.1, 0.15) is 0 Å². The van der Waals surface area contributed by atoms with E-state index in [0.717, 1.165) is 30.5 Å². The fraction of sp³-hybridized carbons (Fsp3) is 0.385. The standard InChI is InChI=1S/C26H28N4/c1-2-4-6-19(5-3-1)21-11-13-27-25(16-21)17-24-9-7-22-15-20(8-10-26(22)30-24)23-12-14-28-29-18-23/h8,10-16,18-19H,1-7,9,17H2. The Kier molecular flexibility index (Phi) is 5.65. The molecule has 0 N–H and O–H groups in total. The molecule has 1 fully saturated rings. The van der Waals surface area contributed by atoms with Crippen LogP contribution < -0.4 is 0 Å². The SMILES string of the molecule is c1cc(-c2ccc3c(c2)CCC(Cc2cc(C4CCCCCC4)ccn2)=N3)cnn1. The zero-order valence-corrected chi connectivity index (χ0v) is 17.4. The van der Waals surface area contributed by atoms with Crippen LogP contribution >= 0.6 is 0 Å². The van der Waals surface area contributed by atoms with Crippen molar-refractivity contribution in [3.05, 3.63) is 71.8 Å². The van der Waals surface area contributed by atoms with Crippen LogP contribution in [0.5, 0.6) is 0 Å². The van der Waals surface area contributed by atoms with Crippen molar-refractivity contribution in [3.8, 4) is 11.1 Å². The van der Waals surface area contributed by atoms with Crippen molar-refractivity contribution in [1.82, 2.24) is 15.2 Å². The number of benzene rings is 1. The fourth-order valence-corrected chi connectivity index (χ4v) is 4.84. The second kappa shape index (κ2) is 8.86. The number of fused-ring (bicyclic) bond motifs is 1. The number of hydrogen-bond donors (Lipinski definition) is 0. The van der Waals surface area contributed by atoms with Crippen molar-refractivity contribution in [1.29, 1.82) is 0 Å². The fourth-order valence-electron chi connectivity index (χ4n) is 4.84. The number of hydrogen-bond acceptors (Lipinski definition) is 4. The van der Waals surface area contributed by atoms with Crippen LogP contribution in [0.25, 0.3) is 11.1 Å². The lowest BCUT2D eigenvalue weighted by atomic mass is 9.91. The minimum Gasteiger partial charge on any atom is -0.261 e. The van der Waals surface area contributed by atoms with Gasteiger partial charge in [-0.3, -0.25) is 9.98 Å². The molecular formula is C26H28N4. The van der Waals surface area contributed by atoms with Crippen molar-refractivity contribution in [2.75, 3.05) is 0 Å². The van der Waals surface area contributed by atoms with E-state index in [1.165, 1.54) is 66.6 Å². The maximum Gasteiger partial charge on any atom is 0.0661 e.